The third-order valence-electron chi connectivity index (χ3n) is 2.85. The van der Waals surface area contributed by atoms with E-state index < -0.39 is 12.1 Å². The number of hydrogen-bond donors (Lipinski definition) is 1. The van der Waals surface area contributed by atoms with Crippen LogP contribution in [0.15, 0.2) is 24.3 Å². The van der Waals surface area contributed by atoms with Crippen LogP contribution < -0.4 is 4.90 Å². The number of anilines is 1. The van der Waals surface area contributed by atoms with Crippen LogP contribution in [0.3, 0.4) is 0 Å². The van der Waals surface area contributed by atoms with Gasteiger partial charge in [0.2, 0.25) is 0 Å². The number of carboxylic acid groups (broad SMARTS) is 1. The highest BCUT2D eigenvalue weighted by Crippen LogP contribution is 2.21. The van der Waals surface area contributed by atoms with Gasteiger partial charge in [0, 0.05) is 12.2 Å². The minimum atomic E-state index is -1.03. The third-order valence-corrected chi connectivity index (χ3v) is 2.85. The number of hydrogen-bond acceptors (Lipinski definition) is 3. The second-order valence-corrected chi connectivity index (χ2v) is 4.29. The van der Waals surface area contributed by atoms with Gasteiger partial charge in [-0.3, -0.25) is 9.59 Å². The largest absolute Gasteiger partial charge is 0.481 e. The molecule has 5 heteroatoms. The Morgan fingerprint density at radius 1 is 1.56 bits per heavy atom. The highest BCUT2D eigenvalue weighted by Gasteiger charge is 2.32. The second-order valence-electron chi connectivity index (χ2n) is 4.29. The van der Waals surface area contributed by atoms with Gasteiger partial charge >= 0.3 is 5.97 Å². The van der Waals surface area contributed by atoms with Crippen molar-refractivity contribution in [2.45, 2.75) is 19.4 Å². The van der Waals surface area contributed by atoms with Crippen molar-refractivity contribution in [3.05, 3.63) is 29.8 Å². The van der Waals surface area contributed by atoms with Gasteiger partial charge < -0.3 is 14.7 Å². The fourth-order valence-corrected chi connectivity index (χ4v) is 2.00. The van der Waals surface area contributed by atoms with Crippen molar-refractivity contribution in [3.63, 3.8) is 0 Å². The van der Waals surface area contributed by atoms with Crippen LogP contribution in [0.4, 0.5) is 5.69 Å². The SMILES string of the molecule is Cc1cccc(N2CCOC(CC(=O)O)C2=O)c1. The minimum Gasteiger partial charge on any atom is -0.481 e. The first-order chi connectivity index (χ1) is 8.58. The predicted molar refractivity (Wildman–Crippen MR) is 65.5 cm³/mol. The summed E-state index contributed by atoms with van der Waals surface area (Å²) in [7, 11) is 0. The molecule has 1 aliphatic heterocycles. The fraction of sp³-hybridized carbons (Fsp3) is 0.385. The van der Waals surface area contributed by atoms with E-state index in [0.717, 1.165) is 11.3 Å². The molecule has 1 aromatic carbocycles. The van der Waals surface area contributed by atoms with Crippen LogP contribution in [0.1, 0.15) is 12.0 Å². The smallest absolute Gasteiger partial charge is 0.306 e. The first-order valence-electron chi connectivity index (χ1n) is 5.79. The molecule has 18 heavy (non-hydrogen) atoms. The molecule has 1 aliphatic rings. The molecule has 2 rings (SSSR count). The standard InChI is InChI=1S/C13H15NO4/c1-9-3-2-4-10(7-9)14-5-6-18-11(13(14)17)8-12(15)16/h2-4,7,11H,5-6,8H2,1H3,(H,15,16). The van der Waals surface area contributed by atoms with Crippen LogP contribution >= 0.6 is 0 Å². The zero-order valence-corrected chi connectivity index (χ0v) is 10.1. The molecule has 0 aromatic heterocycles. The summed E-state index contributed by atoms with van der Waals surface area (Å²) in [6, 6.07) is 7.57. The zero-order chi connectivity index (χ0) is 13.1. The van der Waals surface area contributed by atoms with E-state index in [4.69, 9.17) is 9.84 Å². The highest BCUT2D eigenvalue weighted by molar-refractivity contribution is 5.98. The van der Waals surface area contributed by atoms with Gasteiger partial charge in [-0.2, -0.15) is 0 Å². The molecule has 1 aromatic rings. The first-order valence-corrected chi connectivity index (χ1v) is 5.79. The summed E-state index contributed by atoms with van der Waals surface area (Å²) in [5.41, 5.74) is 1.85. The lowest BCUT2D eigenvalue weighted by atomic mass is 10.1. The topological polar surface area (TPSA) is 66.8 Å². The number of carbonyl (C=O) groups excluding carboxylic acids is 1. The molecule has 1 heterocycles. The number of morpholine rings is 1. The van der Waals surface area contributed by atoms with Gasteiger partial charge in [-0.1, -0.05) is 12.1 Å². The van der Waals surface area contributed by atoms with E-state index in [9.17, 15) is 9.59 Å². The summed E-state index contributed by atoms with van der Waals surface area (Å²) in [4.78, 5) is 24.4. The summed E-state index contributed by atoms with van der Waals surface area (Å²) < 4.78 is 5.21. The molecule has 96 valence electrons. The van der Waals surface area contributed by atoms with Crippen molar-refractivity contribution in [2.24, 2.45) is 0 Å². The first kappa shape index (κ1) is 12.6. The Balaban J connectivity index is 2.18. The van der Waals surface area contributed by atoms with Crippen molar-refractivity contribution in [2.75, 3.05) is 18.1 Å². The molecular formula is C13H15NO4. The van der Waals surface area contributed by atoms with Crippen molar-refractivity contribution in [1.29, 1.82) is 0 Å². The molecule has 1 atom stereocenters. The van der Waals surface area contributed by atoms with Crippen LogP contribution in [-0.4, -0.2) is 36.2 Å². The monoisotopic (exact) mass is 249 g/mol. The van der Waals surface area contributed by atoms with Gasteiger partial charge in [0.15, 0.2) is 0 Å². The molecule has 0 saturated carbocycles. The van der Waals surface area contributed by atoms with E-state index in [-0.39, 0.29) is 12.3 Å². The Labute approximate surface area is 105 Å². The van der Waals surface area contributed by atoms with Crippen molar-refractivity contribution in [3.8, 4) is 0 Å². The quantitative estimate of drug-likeness (QED) is 0.874. The lowest BCUT2D eigenvalue weighted by Gasteiger charge is -2.32. The number of aliphatic carboxylic acids is 1. The van der Waals surface area contributed by atoms with Gasteiger partial charge in [-0.05, 0) is 24.6 Å². The Bertz CT molecular complexity index is 472. The van der Waals surface area contributed by atoms with Crippen molar-refractivity contribution >= 4 is 17.6 Å². The maximum Gasteiger partial charge on any atom is 0.306 e. The number of carboxylic acids is 1. The number of ether oxygens (including phenoxy) is 1. The van der Waals surface area contributed by atoms with Crippen LogP contribution in [-0.2, 0) is 14.3 Å². The highest BCUT2D eigenvalue weighted by atomic mass is 16.5. The Morgan fingerprint density at radius 3 is 3.00 bits per heavy atom. The summed E-state index contributed by atoms with van der Waals surface area (Å²) >= 11 is 0. The number of carbonyl (C=O) groups is 2. The molecule has 1 unspecified atom stereocenters. The maximum absolute atomic E-state index is 12.1. The van der Waals surface area contributed by atoms with Crippen LogP contribution in [0.2, 0.25) is 0 Å². The number of benzene rings is 1. The summed E-state index contributed by atoms with van der Waals surface area (Å²) in [5, 5.41) is 8.73. The molecule has 1 N–H and O–H groups in total. The van der Waals surface area contributed by atoms with E-state index >= 15 is 0 Å². The minimum absolute atomic E-state index is 0.283. The third kappa shape index (κ3) is 2.68. The van der Waals surface area contributed by atoms with Gasteiger partial charge in [0.05, 0.1) is 13.0 Å². The maximum atomic E-state index is 12.1. The zero-order valence-electron chi connectivity index (χ0n) is 10.1. The molecule has 1 amide bonds. The normalized spacial score (nSPS) is 19.9. The lowest BCUT2D eigenvalue weighted by molar-refractivity contribution is -0.147. The lowest BCUT2D eigenvalue weighted by Crippen LogP contribution is -2.48. The van der Waals surface area contributed by atoms with Gasteiger partial charge in [0.25, 0.3) is 5.91 Å². The predicted octanol–water partition coefficient (Wildman–Crippen LogP) is 1.20. The number of nitrogens with zero attached hydrogens (tertiary/aromatic N) is 1. The number of rotatable bonds is 3. The summed E-state index contributed by atoms with van der Waals surface area (Å²) in [5.74, 6) is -1.31. The van der Waals surface area contributed by atoms with E-state index in [1.54, 1.807) is 4.90 Å². The van der Waals surface area contributed by atoms with E-state index in [1.165, 1.54) is 0 Å². The van der Waals surface area contributed by atoms with Crippen molar-refractivity contribution in [1.82, 2.24) is 0 Å². The molecule has 0 aliphatic carbocycles. The van der Waals surface area contributed by atoms with E-state index in [2.05, 4.69) is 0 Å². The molecule has 0 spiro atoms. The van der Waals surface area contributed by atoms with Crippen molar-refractivity contribution < 1.29 is 19.4 Å². The Hall–Kier alpha value is -1.88. The molecule has 0 bridgehead atoms. The molecule has 1 saturated heterocycles. The molecule has 1 fully saturated rings. The summed E-state index contributed by atoms with van der Waals surface area (Å²) in [6.07, 6.45) is -1.17. The van der Waals surface area contributed by atoms with Crippen LogP contribution in [0.5, 0.6) is 0 Å². The Morgan fingerprint density at radius 2 is 2.33 bits per heavy atom. The van der Waals surface area contributed by atoms with Crippen LogP contribution in [0, 0.1) is 6.92 Å². The van der Waals surface area contributed by atoms with Gasteiger partial charge in [-0.25, -0.2) is 0 Å². The Kier molecular flexibility index (Phi) is 3.62. The number of aryl methyl sites for hydroxylation is 1. The van der Waals surface area contributed by atoms with Gasteiger partial charge in [-0.15, -0.1) is 0 Å². The average Bonchev–Trinajstić information content (AvgIpc) is 2.31. The van der Waals surface area contributed by atoms with Gasteiger partial charge in [0.1, 0.15) is 6.10 Å². The van der Waals surface area contributed by atoms with E-state index in [0.29, 0.717) is 13.2 Å². The fourth-order valence-electron chi connectivity index (χ4n) is 2.00. The summed E-state index contributed by atoms with van der Waals surface area (Å²) in [6.45, 7) is 2.76. The van der Waals surface area contributed by atoms with E-state index in [1.807, 2.05) is 31.2 Å². The number of amides is 1. The molecule has 5 nitrogen and oxygen atoms in total. The second kappa shape index (κ2) is 5.18. The van der Waals surface area contributed by atoms with Crippen LogP contribution in [0.25, 0.3) is 0 Å². The molecular weight excluding hydrogens is 234 g/mol. The average molecular weight is 249 g/mol. The molecule has 0 radical (unpaired) electrons.